The van der Waals surface area contributed by atoms with Gasteiger partial charge in [0.15, 0.2) is 0 Å². The number of hydrogen-bond donors (Lipinski definition) is 1. The van der Waals surface area contributed by atoms with Crippen molar-refractivity contribution in [3.8, 4) is 0 Å². The molecule has 1 heterocycles. The molecule has 2 aromatic rings. The van der Waals surface area contributed by atoms with E-state index in [4.69, 9.17) is 0 Å². The lowest BCUT2D eigenvalue weighted by Gasteiger charge is -2.09. The molecule has 1 aromatic carbocycles. The van der Waals surface area contributed by atoms with Gasteiger partial charge >= 0.3 is 0 Å². The molecule has 2 nitrogen and oxygen atoms in total. The fourth-order valence-electron chi connectivity index (χ4n) is 1.36. The molecular weight excluding hydrogens is 271 g/mol. The molecule has 0 amide bonds. The van der Waals surface area contributed by atoms with Gasteiger partial charge in [-0.3, -0.25) is 4.98 Å². The van der Waals surface area contributed by atoms with E-state index in [-0.39, 0.29) is 5.82 Å². The molecule has 1 aromatic heterocycles. The zero-order chi connectivity index (χ0) is 11.4. The second kappa shape index (κ2) is 5.07. The lowest BCUT2D eigenvalue weighted by atomic mass is 10.2. The van der Waals surface area contributed by atoms with Gasteiger partial charge in [-0.15, -0.1) is 0 Å². The summed E-state index contributed by atoms with van der Waals surface area (Å²) in [7, 11) is 0. The first kappa shape index (κ1) is 11.1. The van der Waals surface area contributed by atoms with E-state index in [0.717, 1.165) is 10.0 Å². The Morgan fingerprint density at radius 3 is 2.81 bits per heavy atom. The molecule has 0 saturated heterocycles. The van der Waals surface area contributed by atoms with Gasteiger partial charge in [0.2, 0.25) is 0 Å². The smallest absolute Gasteiger partial charge is 0.147 e. The lowest BCUT2D eigenvalue weighted by molar-refractivity contribution is 0.629. The standard InChI is InChI=1S/C12H10BrFN2/c13-10-4-1-5-11(14)12(10)16-8-9-3-2-6-15-7-9/h1-7,16H,8H2. The van der Waals surface area contributed by atoms with Crippen LogP contribution in [0, 0.1) is 5.82 Å². The highest BCUT2D eigenvalue weighted by molar-refractivity contribution is 9.10. The van der Waals surface area contributed by atoms with Crippen molar-refractivity contribution in [2.45, 2.75) is 6.54 Å². The van der Waals surface area contributed by atoms with E-state index < -0.39 is 0 Å². The highest BCUT2D eigenvalue weighted by Crippen LogP contribution is 2.25. The molecule has 0 atom stereocenters. The molecule has 82 valence electrons. The number of nitrogens with one attached hydrogen (secondary N) is 1. The summed E-state index contributed by atoms with van der Waals surface area (Å²) >= 11 is 3.30. The van der Waals surface area contributed by atoms with Gasteiger partial charge < -0.3 is 5.32 Å². The molecule has 0 spiro atoms. The van der Waals surface area contributed by atoms with Crippen LogP contribution in [0.5, 0.6) is 0 Å². The Morgan fingerprint density at radius 2 is 2.12 bits per heavy atom. The maximum Gasteiger partial charge on any atom is 0.147 e. The number of para-hydroxylation sites is 1. The summed E-state index contributed by atoms with van der Waals surface area (Å²) in [5.41, 5.74) is 1.49. The van der Waals surface area contributed by atoms with Gasteiger partial charge in [0.1, 0.15) is 5.82 Å². The number of nitrogens with zero attached hydrogens (tertiary/aromatic N) is 1. The van der Waals surface area contributed by atoms with E-state index in [1.54, 1.807) is 24.5 Å². The predicted molar refractivity (Wildman–Crippen MR) is 65.7 cm³/mol. The van der Waals surface area contributed by atoms with Crippen molar-refractivity contribution < 1.29 is 4.39 Å². The van der Waals surface area contributed by atoms with E-state index in [1.807, 2.05) is 12.1 Å². The van der Waals surface area contributed by atoms with Gasteiger partial charge in [-0.05, 0) is 39.7 Å². The Balaban J connectivity index is 2.11. The summed E-state index contributed by atoms with van der Waals surface area (Å²) in [4.78, 5) is 4.00. The molecule has 1 N–H and O–H groups in total. The molecule has 0 saturated carbocycles. The molecule has 16 heavy (non-hydrogen) atoms. The molecule has 2 rings (SSSR count). The summed E-state index contributed by atoms with van der Waals surface area (Å²) in [5, 5.41) is 3.04. The minimum Gasteiger partial charge on any atom is -0.378 e. The van der Waals surface area contributed by atoms with Gasteiger partial charge in [0.25, 0.3) is 0 Å². The van der Waals surface area contributed by atoms with Gasteiger partial charge in [-0.25, -0.2) is 4.39 Å². The summed E-state index contributed by atoms with van der Waals surface area (Å²) in [6.45, 7) is 0.549. The fraction of sp³-hybridized carbons (Fsp3) is 0.0833. The van der Waals surface area contributed by atoms with Crippen molar-refractivity contribution in [1.29, 1.82) is 0 Å². The molecule has 4 heteroatoms. The number of aromatic nitrogens is 1. The van der Waals surface area contributed by atoms with Crippen LogP contribution >= 0.6 is 15.9 Å². The minimum atomic E-state index is -0.265. The SMILES string of the molecule is Fc1cccc(Br)c1NCc1cccnc1. The monoisotopic (exact) mass is 280 g/mol. The number of anilines is 1. The largest absolute Gasteiger partial charge is 0.378 e. The highest BCUT2D eigenvalue weighted by Gasteiger charge is 2.05. The molecule has 0 bridgehead atoms. The van der Waals surface area contributed by atoms with E-state index in [2.05, 4.69) is 26.2 Å². The van der Waals surface area contributed by atoms with Crippen LogP contribution in [0.2, 0.25) is 0 Å². The lowest BCUT2D eigenvalue weighted by Crippen LogP contribution is -2.02. The Hall–Kier alpha value is -1.42. The summed E-state index contributed by atoms with van der Waals surface area (Å²) in [6, 6.07) is 8.68. The highest BCUT2D eigenvalue weighted by atomic mass is 79.9. The minimum absolute atomic E-state index is 0.265. The number of rotatable bonds is 3. The molecular formula is C12H10BrFN2. The quantitative estimate of drug-likeness (QED) is 0.929. The molecule has 0 aliphatic heterocycles. The van der Waals surface area contributed by atoms with Crippen molar-refractivity contribution in [2.24, 2.45) is 0 Å². The predicted octanol–water partition coefficient (Wildman–Crippen LogP) is 3.60. The van der Waals surface area contributed by atoms with E-state index >= 15 is 0 Å². The van der Waals surface area contributed by atoms with Gasteiger partial charge in [0.05, 0.1) is 5.69 Å². The van der Waals surface area contributed by atoms with Crippen LogP contribution in [-0.2, 0) is 6.54 Å². The van der Waals surface area contributed by atoms with Crippen LogP contribution in [0.25, 0.3) is 0 Å². The fourth-order valence-corrected chi connectivity index (χ4v) is 1.84. The van der Waals surface area contributed by atoms with Crippen LogP contribution in [0.4, 0.5) is 10.1 Å². The Bertz CT molecular complexity index is 453. The molecule has 0 aliphatic carbocycles. The van der Waals surface area contributed by atoms with Crippen molar-refractivity contribution in [3.63, 3.8) is 0 Å². The maximum atomic E-state index is 13.4. The van der Waals surface area contributed by atoms with Crippen molar-refractivity contribution in [1.82, 2.24) is 4.98 Å². The van der Waals surface area contributed by atoms with Crippen LogP contribution in [0.3, 0.4) is 0 Å². The number of benzene rings is 1. The average Bonchev–Trinajstić information content (AvgIpc) is 2.30. The van der Waals surface area contributed by atoms with Gasteiger partial charge in [-0.1, -0.05) is 12.1 Å². The maximum absolute atomic E-state index is 13.4. The van der Waals surface area contributed by atoms with Crippen molar-refractivity contribution >= 4 is 21.6 Å². The van der Waals surface area contributed by atoms with E-state index in [9.17, 15) is 4.39 Å². The second-order valence-electron chi connectivity index (χ2n) is 3.31. The van der Waals surface area contributed by atoms with Gasteiger partial charge in [0, 0.05) is 23.4 Å². The second-order valence-corrected chi connectivity index (χ2v) is 4.17. The summed E-state index contributed by atoms with van der Waals surface area (Å²) in [6.07, 6.45) is 3.46. The Morgan fingerprint density at radius 1 is 1.25 bits per heavy atom. The Kier molecular flexibility index (Phi) is 3.51. The molecule has 0 fully saturated rings. The third-order valence-electron chi connectivity index (χ3n) is 2.15. The number of halogens is 2. The third-order valence-corrected chi connectivity index (χ3v) is 2.82. The van der Waals surface area contributed by atoms with Crippen molar-refractivity contribution in [3.05, 3.63) is 58.6 Å². The normalized spacial score (nSPS) is 10.1. The molecule has 0 radical (unpaired) electrons. The number of hydrogen-bond acceptors (Lipinski definition) is 2. The number of pyridine rings is 1. The summed E-state index contributed by atoms with van der Waals surface area (Å²) in [5.74, 6) is -0.265. The van der Waals surface area contributed by atoms with Crippen molar-refractivity contribution in [2.75, 3.05) is 5.32 Å². The first-order valence-electron chi connectivity index (χ1n) is 4.84. The zero-order valence-corrected chi connectivity index (χ0v) is 10.0. The first-order valence-corrected chi connectivity index (χ1v) is 5.63. The average molecular weight is 281 g/mol. The zero-order valence-electron chi connectivity index (χ0n) is 8.45. The van der Waals surface area contributed by atoms with Crippen LogP contribution in [-0.4, -0.2) is 4.98 Å². The summed E-state index contributed by atoms with van der Waals surface area (Å²) < 4.78 is 14.2. The van der Waals surface area contributed by atoms with E-state index in [1.165, 1.54) is 6.07 Å². The molecule has 0 aliphatic rings. The topological polar surface area (TPSA) is 24.9 Å². The first-order chi connectivity index (χ1) is 7.77. The van der Waals surface area contributed by atoms with Crippen LogP contribution in [0.15, 0.2) is 47.2 Å². The molecule has 0 unspecified atom stereocenters. The van der Waals surface area contributed by atoms with Crippen LogP contribution < -0.4 is 5.32 Å². The van der Waals surface area contributed by atoms with Crippen LogP contribution in [0.1, 0.15) is 5.56 Å². The third kappa shape index (κ3) is 2.58. The van der Waals surface area contributed by atoms with E-state index in [0.29, 0.717) is 12.2 Å². The van der Waals surface area contributed by atoms with Gasteiger partial charge in [-0.2, -0.15) is 0 Å². The Labute approximate surface area is 102 Å².